The number of hydrogen-bond donors (Lipinski definition) is 1. The van der Waals surface area contributed by atoms with Crippen LogP contribution in [0.3, 0.4) is 0 Å². The number of benzene rings is 2. The third-order valence-electron chi connectivity index (χ3n) is 4.37. The van der Waals surface area contributed by atoms with Crippen molar-refractivity contribution in [2.45, 2.75) is 13.3 Å². The fourth-order valence-corrected chi connectivity index (χ4v) is 3.49. The van der Waals surface area contributed by atoms with Crippen molar-refractivity contribution in [3.63, 3.8) is 0 Å². The Morgan fingerprint density at radius 1 is 1.04 bits per heavy atom. The average molecular weight is 389 g/mol. The molecule has 0 aliphatic heterocycles. The highest BCUT2D eigenvalue weighted by atomic mass is 32.1. The molecule has 0 fully saturated rings. The SMILES string of the molecule is Cc1nc(-c2ccc(CCNC(=O)c3cc(-c4ccccc4)no3)cc2)cs1. The van der Waals surface area contributed by atoms with Crippen LogP contribution in [0.15, 0.2) is 70.6 Å². The maximum atomic E-state index is 12.3. The van der Waals surface area contributed by atoms with Gasteiger partial charge >= 0.3 is 0 Å². The minimum atomic E-state index is -0.260. The largest absolute Gasteiger partial charge is 0.350 e. The molecule has 0 bridgehead atoms. The molecule has 0 radical (unpaired) electrons. The van der Waals surface area contributed by atoms with Gasteiger partial charge in [0.1, 0.15) is 5.69 Å². The zero-order valence-corrected chi connectivity index (χ0v) is 16.2. The van der Waals surface area contributed by atoms with Crippen molar-refractivity contribution in [1.82, 2.24) is 15.5 Å². The van der Waals surface area contributed by atoms with Crippen LogP contribution in [-0.4, -0.2) is 22.6 Å². The van der Waals surface area contributed by atoms with Gasteiger partial charge in [-0.25, -0.2) is 4.98 Å². The summed E-state index contributed by atoms with van der Waals surface area (Å²) in [5, 5.41) is 9.97. The summed E-state index contributed by atoms with van der Waals surface area (Å²) >= 11 is 1.65. The maximum absolute atomic E-state index is 12.3. The number of nitrogens with zero attached hydrogens (tertiary/aromatic N) is 2. The molecule has 1 amide bonds. The Morgan fingerprint density at radius 3 is 2.50 bits per heavy atom. The second-order valence-corrected chi connectivity index (χ2v) is 7.46. The van der Waals surface area contributed by atoms with Gasteiger partial charge in [-0.1, -0.05) is 59.8 Å². The fraction of sp³-hybridized carbons (Fsp3) is 0.136. The summed E-state index contributed by atoms with van der Waals surface area (Å²) in [6.07, 6.45) is 0.738. The minimum Gasteiger partial charge on any atom is -0.350 e. The van der Waals surface area contributed by atoms with Crippen LogP contribution in [0.25, 0.3) is 22.5 Å². The van der Waals surface area contributed by atoms with Gasteiger partial charge in [-0.05, 0) is 18.9 Å². The lowest BCUT2D eigenvalue weighted by molar-refractivity contribution is 0.0917. The second-order valence-electron chi connectivity index (χ2n) is 6.40. The lowest BCUT2D eigenvalue weighted by Crippen LogP contribution is -2.25. The molecule has 0 saturated heterocycles. The first kappa shape index (κ1) is 18.1. The van der Waals surface area contributed by atoms with Crippen LogP contribution in [0.4, 0.5) is 0 Å². The van der Waals surface area contributed by atoms with E-state index in [0.29, 0.717) is 12.2 Å². The summed E-state index contributed by atoms with van der Waals surface area (Å²) in [7, 11) is 0. The van der Waals surface area contributed by atoms with E-state index in [0.717, 1.165) is 33.8 Å². The molecule has 1 N–H and O–H groups in total. The first-order chi connectivity index (χ1) is 13.7. The molecule has 2 heterocycles. The number of rotatable bonds is 6. The number of aromatic nitrogens is 2. The molecule has 0 aliphatic rings. The van der Waals surface area contributed by atoms with E-state index < -0.39 is 0 Å². The van der Waals surface area contributed by atoms with Gasteiger partial charge in [0.05, 0.1) is 10.7 Å². The van der Waals surface area contributed by atoms with Crippen molar-refractivity contribution in [2.75, 3.05) is 6.54 Å². The van der Waals surface area contributed by atoms with Gasteiger partial charge in [-0.2, -0.15) is 0 Å². The molecule has 0 saturated carbocycles. The zero-order valence-electron chi connectivity index (χ0n) is 15.4. The van der Waals surface area contributed by atoms with E-state index in [2.05, 4.69) is 45.1 Å². The third-order valence-corrected chi connectivity index (χ3v) is 5.14. The summed E-state index contributed by atoms with van der Waals surface area (Å²) in [5.41, 5.74) is 4.83. The van der Waals surface area contributed by atoms with Gasteiger partial charge in [0.15, 0.2) is 0 Å². The molecule has 6 heteroatoms. The van der Waals surface area contributed by atoms with Crippen molar-refractivity contribution >= 4 is 17.2 Å². The van der Waals surface area contributed by atoms with Gasteiger partial charge in [-0.15, -0.1) is 11.3 Å². The third kappa shape index (κ3) is 4.18. The van der Waals surface area contributed by atoms with Crippen molar-refractivity contribution in [3.8, 4) is 22.5 Å². The molecule has 0 atom stereocenters. The van der Waals surface area contributed by atoms with Crippen LogP contribution in [0.1, 0.15) is 21.1 Å². The summed E-state index contributed by atoms with van der Waals surface area (Å²) in [5.74, 6) is -0.0441. The van der Waals surface area contributed by atoms with E-state index in [1.54, 1.807) is 17.4 Å². The molecule has 0 unspecified atom stereocenters. The van der Waals surface area contributed by atoms with E-state index in [1.807, 2.05) is 37.3 Å². The first-order valence-electron chi connectivity index (χ1n) is 9.01. The number of carbonyl (C=O) groups is 1. The van der Waals surface area contributed by atoms with Crippen molar-refractivity contribution in [3.05, 3.63) is 82.4 Å². The highest BCUT2D eigenvalue weighted by molar-refractivity contribution is 7.09. The minimum absolute atomic E-state index is 0.216. The molecule has 0 aliphatic carbocycles. The lowest BCUT2D eigenvalue weighted by Gasteiger charge is -2.04. The molecule has 5 nitrogen and oxygen atoms in total. The number of aryl methyl sites for hydroxylation is 1. The van der Waals surface area contributed by atoms with Gasteiger partial charge in [-0.3, -0.25) is 4.79 Å². The first-order valence-corrected chi connectivity index (χ1v) is 9.89. The summed E-state index contributed by atoms with van der Waals surface area (Å²) < 4.78 is 5.18. The van der Waals surface area contributed by atoms with Gasteiger partial charge in [0.25, 0.3) is 5.91 Å². The number of hydrogen-bond acceptors (Lipinski definition) is 5. The monoisotopic (exact) mass is 389 g/mol. The molecular formula is C22H19N3O2S. The van der Waals surface area contributed by atoms with Crippen LogP contribution in [-0.2, 0) is 6.42 Å². The highest BCUT2D eigenvalue weighted by Gasteiger charge is 2.13. The molecular weight excluding hydrogens is 370 g/mol. The second kappa shape index (κ2) is 8.19. The predicted octanol–water partition coefficient (Wildman–Crippen LogP) is 4.75. The normalized spacial score (nSPS) is 10.8. The van der Waals surface area contributed by atoms with Crippen molar-refractivity contribution < 1.29 is 9.32 Å². The van der Waals surface area contributed by atoms with Crippen LogP contribution >= 0.6 is 11.3 Å². The Morgan fingerprint density at radius 2 is 1.79 bits per heavy atom. The summed E-state index contributed by atoms with van der Waals surface area (Å²) in [4.78, 5) is 16.8. The number of thiazole rings is 1. The molecule has 2 aromatic heterocycles. The van der Waals surface area contributed by atoms with Crippen molar-refractivity contribution in [2.24, 2.45) is 0 Å². The van der Waals surface area contributed by atoms with Crippen molar-refractivity contribution in [1.29, 1.82) is 0 Å². The fourth-order valence-electron chi connectivity index (χ4n) is 2.87. The van der Waals surface area contributed by atoms with Gasteiger partial charge in [0.2, 0.25) is 5.76 Å². The quantitative estimate of drug-likeness (QED) is 0.517. The Hall–Kier alpha value is -3.25. The van der Waals surface area contributed by atoms with Gasteiger partial charge < -0.3 is 9.84 Å². The van der Waals surface area contributed by atoms with Gasteiger partial charge in [0, 0.05) is 29.1 Å². The molecule has 28 heavy (non-hydrogen) atoms. The Kier molecular flexibility index (Phi) is 5.30. The van der Waals surface area contributed by atoms with E-state index in [4.69, 9.17) is 4.52 Å². The van der Waals surface area contributed by atoms with Crippen LogP contribution < -0.4 is 5.32 Å². The molecule has 4 rings (SSSR count). The lowest BCUT2D eigenvalue weighted by atomic mass is 10.1. The number of carbonyl (C=O) groups excluding carboxylic acids is 1. The highest BCUT2D eigenvalue weighted by Crippen LogP contribution is 2.22. The van der Waals surface area contributed by atoms with E-state index >= 15 is 0 Å². The maximum Gasteiger partial charge on any atom is 0.289 e. The van der Waals surface area contributed by atoms with Crippen LogP contribution in [0.5, 0.6) is 0 Å². The molecule has 2 aromatic carbocycles. The Balaban J connectivity index is 1.31. The van der Waals surface area contributed by atoms with Crippen LogP contribution in [0, 0.1) is 6.92 Å². The predicted molar refractivity (Wildman–Crippen MR) is 110 cm³/mol. The summed E-state index contributed by atoms with van der Waals surface area (Å²) in [6.45, 7) is 2.53. The molecule has 140 valence electrons. The Labute approximate surface area is 167 Å². The molecule has 4 aromatic rings. The standard InChI is InChI=1S/C22H19N3O2S/c1-15-24-20(14-28-15)18-9-7-16(8-10-18)11-12-23-22(26)21-13-19(25-27-21)17-5-3-2-4-6-17/h2-10,13-14H,11-12H2,1H3,(H,23,26). The van der Waals surface area contributed by atoms with E-state index in [-0.39, 0.29) is 11.7 Å². The zero-order chi connectivity index (χ0) is 19.3. The number of amides is 1. The topological polar surface area (TPSA) is 68.0 Å². The number of nitrogens with one attached hydrogen (secondary N) is 1. The summed E-state index contributed by atoms with van der Waals surface area (Å²) in [6, 6.07) is 19.6. The molecule has 0 spiro atoms. The Bertz CT molecular complexity index is 1070. The van der Waals surface area contributed by atoms with E-state index in [1.165, 1.54) is 0 Å². The van der Waals surface area contributed by atoms with E-state index in [9.17, 15) is 4.79 Å². The van der Waals surface area contributed by atoms with Crippen LogP contribution in [0.2, 0.25) is 0 Å². The average Bonchev–Trinajstić information content (AvgIpc) is 3.39. The smallest absolute Gasteiger partial charge is 0.289 e.